The molecule has 0 radical (unpaired) electrons. The van der Waals surface area contributed by atoms with Crippen LogP contribution in [0.2, 0.25) is 0 Å². The van der Waals surface area contributed by atoms with Crippen molar-refractivity contribution in [2.75, 3.05) is 25.7 Å². The Morgan fingerprint density at radius 1 is 0.750 bits per heavy atom. The molecule has 2 aromatic rings. The topological polar surface area (TPSA) is 70.5 Å². The summed E-state index contributed by atoms with van der Waals surface area (Å²) < 4.78 is 10.3. The number of benzene rings is 2. The zero-order valence-corrected chi connectivity index (χ0v) is 11.8. The Morgan fingerprint density at radius 2 is 1.15 bits per heavy atom. The van der Waals surface area contributed by atoms with Crippen LogP contribution in [0.4, 0.5) is 11.4 Å². The molecule has 106 valence electrons. The molecule has 2 rings (SSSR count). The van der Waals surface area contributed by atoms with Crippen molar-refractivity contribution in [1.82, 2.24) is 0 Å². The van der Waals surface area contributed by atoms with Gasteiger partial charge < -0.3 is 20.9 Å². The summed E-state index contributed by atoms with van der Waals surface area (Å²) in [5.41, 5.74) is 17.5. The van der Waals surface area contributed by atoms with Gasteiger partial charge in [0, 0.05) is 36.7 Å². The van der Waals surface area contributed by atoms with Gasteiger partial charge in [-0.2, -0.15) is 0 Å². The molecule has 0 fully saturated rings. The van der Waals surface area contributed by atoms with Crippen LogP contribution in [0.5, 0.6) is 0 Å². The SMILES string of the molecule is COCc1cc(-c2ccc(N)c(COC)c2)ccc1N. The number of hydrogen-bond donors (Lipinski definition) is 2. The van der Waals surface area contributed by atoms with E-state index in [1.807, 2.05) is 36.4 Å². The van der Waals surface area contributed by atoms with E-state index in [2.05, 4.69) is 0 Å². The molecule has 0 aliphatic heterocycles. The Kier molecular flexibility index (Phi) is 4.61. The summed E-state index contributed by atoms with van der Waals surface area (Å²) >= 11 is 0. The molecule has 4 N–H and O–H groups in total. The van der Waals surface area contributed by atoms with E-state index in [1.54, 1.807) is 14.2 Å². The van der Waals surface area contributed by atoms with Gasteiger partial charge in [-0.1, -0.05) is 12.1 Å². The lowest BCUT2D eigenvalue weighted by atomic mass is 9.99. The fraction of sp³-hybridized carbons (Fsp3) is 0.250. The van der Waals surface area contributed by atoms with Gasteiger partial charge >= 0.3 is 0 Å². The van der Waals surface area contributed by atoms with Crippen molar-refractivity contribution >= 4 is 11.4 Å². The molecular formula is C16H20N2O2. The molecule has 0 heterocycles. The molecule has 0 aliphatic rings. The van der Waals surface area contributed by atoms with E-state index in [9.17, 15) is 0 Å². The first kappa shape index (κ1) is 14.4. The summed E-state index contributed by atoms with van der Waals surface area (Å²) in [5, 5.41) is 0. The zero-order valence-electron chi connectivity index (χ0n) is 11.8. The van der Waals surface area contributed by atoms with Crippen molar-refractivity contribution < 1.29 is 9.47 Å². The molecule has 0 bridgehead atoms. The van der Waals surface area contributed by atoms with Crippen LogP contribution in [0.25, 0.3) is 11.1 Å². The van der Waals surface area contributed by atoms with Crippen LogP contribution in [0.1, 0.15) is 11.1 Å². The van der Waals surface area contributed by atoms with Crippen LogP contribution >= 0.6 is 0 Å². The maximum absolute atomic E-state index is 5.94. The van der Waals surface area contributed by atoms with Gasteiger partial charge in [0.1, 0.15) is 0 Å². The van der Waals surface area contributed by atoms with Crippen molar-refractivity contribution in [3.8, 4) is 11.1 Å². The highest BCUT2D eigenvalue weighted by Crippen LogP contribution is 2.27. The molecule has 0 amide bonds. The Bertz CT molecular complexity index is 544. The zero-order chi connectivity index (χ0) is 14.5. The molecule has 0 atom stereocenters. The van der Waals surface area contributed by atoms with Crippen molar-refractivity contribution in [2.45, 2.75) is 13.2 Å². The second kappa shape index (κ2) is 6.41. The summed E-state index contributed by atoms with van der Waals surface area (Å²) in [5.74, 6) is 0. The lowest BCUT2D eigenvalue weighted by molar-refractivity contribution is 0.185. The van der Waals surface area contributed by atoms with E-state index in [4.69, 9.17) is 20.9 Å². The van der Waals surface area contributed by atoms with Gasteiger partial charge in [-0.3, -0.25) is 0 Å². The standard InChI is InChI=1S/C16H20N2O2/c1-19-9-13-7-11(3-5-15(13)17)12-4-6-16(18)14(8-12)10-20-2/h3-8H,9-10,17-18H2,1-2H3. The van der Waals surface area contributed by atoms with E-state index < -0.39 is 0 Å². The third kappa shape index (κ3) is 3.10. The minimum atomic E-state index is 0.500. The molecule has 0 spiro atoms. The number of methoxy groups -OCH3 is 2. The van der Waals surface area contributed by atoms with Gasteiger partial charge in [-0.15, -0.1) is 0 Å². The number of anilines is 2. The van der Waals surface area contributed by atoms with Crippen LogP contribution in [-0.2, 0) is 22.7 Å². The fourth-order valence-electron chi connectivity index (χ4n) is 2.13. The summed E-state index contributed by atoms with van der Waals surface area (Å²) in [7, 11) is 3.32. The number of nitrogen functional groups attached to an aromatic ring is 2. The predicted molar refractivity (Wildman–Crippen MR) is 82.1 cm³/mol. The van der Waals surface area contributed by atoms with Crippen molar-refractivity contribution in [3.05, 3.63) is 47.5 Å². The molecular weight excluding hydrogens is 252 g/mol. The summed E-state index contributed by atoms with van der Waals surface area (Å²) in [6.07, 6.45) is 0. The van der Waals surface area contributed by atoms with E-state index >= 15 is 0 Å². The maximum Gasteiger partial charge on any atom is 0.0733 e. The Hall–Kier alpha value is -2.04. The average Bonchev–Trinajstić information content (AvgIpc) is 2.44. The minimum Gasteiger partial charge on any atom is -0.398 e. The van der Waals surface area contributed by atoms with Gasteiger partial charge in [0.15, 0.2) is 0 Å². The highest BCUT2D eigenvalue weighted by molar-refractivity contribution is 5.70. The number of rotatable bonds is 5. The highest BCUT2D eigenvalue weighted by atomic mass is 16.5. The van der Waals surface area contributed by atoms with E-state index in [0.29, 0.717) is 13.2 Å². The highest BCUT2D eigenvalue weighted by Gasteiger charge is 2.06. The van der Waals surface area contributed by atoms with E-state index in [0.717, 1.165) is 33.6 Å². The van der Waals surface area contributed by atoms with E-state index in [-0.39, 0.29) is 0 Å². The molecule has 0 saturated heterocycles. The fourth-order valence-corrected chi connectivity index (χ4v) is 2.13. The lowest BCUT2D eigenvalue weighted by Gasteiger charge is -2.11. The van der Waals surface area contributed by atoms with Gasteiger partial charge in [0.25, 0.3) is 0 Å². The predicted octanol–water partition coefficient (Wildman–Crippen LogP) is 2.81. The van der Waals surface area contributed by atoms with Crippen molar-refractivity contribution in [3.63, 3.8) is 0 Å². The van der Waals surface area contributed by atoms with Crippen LogP contribution in [-0.4, -0.2) is 14.2 Å². The van der Waals surface area contributed by atoms with Crippen LogP contribution in [0, 0.1) is 0 Å². The summed E-state index contributed by atoms with van der Waals surface area (Å²) in [6, 6.07) is 11.9. The molecule has 0 saturated carbocycles. The van der Waals surface area contributed by atoms with Crippen LogP contribution < -0.4 is 11.5 Å². The quantitative estimate of drug-likeness (QED) is 0.821. The Labute approximate surface area is 119 Å². The average molecular weight is 272 g/mol. The third-order valence-corrected chi connectivity index (χ3v) is 3.22. The number of hydrogen-bond acceptors (Lipinski definition) is 4. The monoisotopic (exact) mass is 272 g/mol. The van der Waals surface area contributed by atoms with Crippen LogP contribution in [0.15, 0.2) is 36.4 Å². The first-order valence-corrected chi connectivity index (χ1v) is 6.40. The van der Waals surface area contributed by atoms with Gasteiger partial charge in [0.05, 0.1) is 13.2 Å². The summed E-state index contributed by atoms with van der Waals surface area (Å²) in [6.45, 7) is 0.999. The molecule has 20 heavy (non-hydrogen) atoms. The second-order valence-electron chi connectivity index (χ2n) is 4.69. The lowest BCUT2D eigenvalue weighted by Crippen LogP contribution is -1.98. The number of ether oxygens (including phenoxy) is 2. The largest absolute Gasteiger partial charge is 0.398 e. The Balaban J connectivity index is 2.40. The first-order valence-electron chi connectivity index (χ1n) is 6.40. The molecule has 0 aromatic heterocycles. The maximum atomic E-state index is 5.94. The van der Waals surface area contributed by atoms with Gasteiger partial charge in [-0.05, 0) is 35.4 Å². The minimum absolute atomic E-state index is 0.500. The van der Waals surface area contributed by atoms with Crippen molar-refractivity contribution in [2.24, 2.45) is 0 Å². The van der Waals surface area contributed by atoms with Gasteiger partial charge in [0.2, 0.25) is 0 Å². The molecule has 0 aliphatic carbocycles. The second-order valence-corrected chi connectivity index (χ2v) is 4.69. The molecule has 2 aromatic carbocycles. The van der Waals surface area contributed by atoms with Crippen LogP contribution in [0.3, 0.4) is 0 Å². The first-order chi connectivity index (χ1) is 9.65. The normalized spacial score (nSPS) is 10.7. The van der Waals surface area contributed by atoms with Gasteiger partial charge in [-0.25, -0.2) is 0 Å². The third-order valence-electron chi connectivity index (χ3n) is 3.22. The Morgan fingerprint density at radius 3 is 1.50 bits per heavy atom. The molecule has 4 nitrogen and oxygen atoms in total. The smallest absolute Gasteiger partial charge is 0.0733 e. The molecule has 4 heteroatoms. The van der Waals surface area contributed by atoms with Crippen molar-refractivity contribution in [1.29, 1.82) is 0 Å². The number of nitrogens with two attached hydrogens (primary N) is 2. The van der Waals surface area contributed by atoms with E-state index in [1.165, 1.54) is 0 Å². The summed E-state index contributed by atoms with van der Waals surface area (Å²) in [4.78, 5) is 0. The molecule has 0 unspecified atom stereocenters.